The fourth-order valence-corrected chi connectivity index (χ4v) is 4.57. The number of hydrogen-bond donors (Lipinski definition) is 2. The van der Waals surface area contributed by atoms with Crippen molar-refractivity contribution in [1.29, 1.82) is 0 Å². The lowest BCUT2D eigenvalue weighted by Gasteiger charge is -2.41. The number of rotatable bonds is 4. The van der Waals surface area contributed by atoms with E-state index in [0.29, 0.717) is 11.4 Å². The van der Waals surface area contributed by atoms with Gasteiger partial charge in [0, 0.05) is 24.8 Å². The smallest absolute Gasteiger partial charge is 0.276 e. The van der Waals surface area contributed by atoms with E-state index in [9.17, 15) is 14.4 Å². The van der Waals surface area contributed by atoms with Crippen molar-refractivity contribution in [3.63, 3.8) is 0 Å². The second-order valence-electron chi connectivity index (χ2n) is 9.29. The van der Waals surface area contributed by atoms with Crippen molar-refractivity contribution in [2.24, 2.45) is 0 Å². The molecule has 170 valence electrons. The van der Waals surface area contributed by atoms with Gasteiger partial charge in [-0.05, 0) is 45.2 Å². The van der Waals surface area contributed by atoms with Gasteiger partial charge in [0.15, 0.2) is 5.69 Å². The molecule has 0 saturated heterocycles. The lowest BCUT2D eigenvalue weighted by molar-refractivity contribution is -0.133. The third kappa shape index (κ3) is 4.01. The topological polar surface area (TPSA) is 96.3 Å². The summed E-state index contributed by atoms with van der Waals surface area (Å²) in [6, 6.07) is 7.41. The minimum Gasteiger partial charge on any atom is -0.351 e. The summed E-state index contributed by atoms with van der Waals surface area (Å²) in [5.74, 6) is -0.888. The third-order valence-corrected chi connectivity index (χ3v) is 6.79. The van der Waals surface area contributed by atoms with Gasteiger partial charge < -0.3 is 15.5 Å². The highest BCUT2D eigenvalue weighted by molar-refractivity contribution is 6.06. The van der Waals surface area contributed by atoms with Crippen LogP contribution in [-0.2, 0) is 11.3 Å². The van der Waals surface area contributed by atoms with Crippen molar-refractivity contribution in [2.45, 2.75) is 71.0 Å². The predicted octanol–water partition coefficient (Wildman–Crippen LogP) is 3.05. The number of nitrogens with one attached hydrogen (secondary N) is 2. The Morgan fingerprint density at radius 2 is 1.84 bits per heavy atom. The van der Waals surface area contributed by atoms with E-state index in [4.69, 9.17) is 0 Å². The molecule has 1 unspecified atom stereocenters. The van der Waals surface area contributed by atoms with Crippen LogP contribution in [-0.4, -0.2) is 51.0 Å². The number of amides is 3. The molecule has 2 aliphatic rings. The molecule has 8 nitrogen and oxygen atoms in total. The Kier molecular flexibility index (Phi) is 5.79. The second kappa shape index (κ2) is 8.41. The predicted molar refractivity (Wildman–Crippen MR) is 122 cm³/mol. The van der Waals surface area contributed by atoms with Crippen LogP contribution in [0, 0.1) is 13.8 Å². The number of carbonyl (C=O) groups excluding carboxylic acids is 3. The van der Waals surface area contributed by atoms with E-state index in [-0.39, 0.29) is 36.0 Å². The monoisotopic (exact) mass is 437 g/mol. The van der Waals surface area contributed by atoms with E-state index in [1.54, 1.807) is 14.0 Å². The number of benzene rings is 1. The van der Waals surface area contributed by atoms with Crippen LogP contribution in [0.15, 0.2) is 24.3 Å². The Bertz CT molecular complexity index is 1070. The molecular weight excluding hydrogens is 406 g/mol. The van der Waals surface area contributed by atoms with E-state index >= 15 is 0 Å². The molecule has 1 aliphatic heterocycles. The number of aryl methyl sites for hydroxylation is 2. The SMILES string of the molecule is Cc1ccc(NC(=O)c2cc3n(n2)CC(C)(C(=O)NC2CCCCC2)N(C)C3=O)c(C)c1. The van der Waals surface area contributed by atoms with Crippen LogP contribution in [0.4, 0.5) is 5.69 Å². The number of fused-ring (bicyclic) bond motifs is 1. The van der Waals surface area contributed by atoms with Crippen molar-refractivity contribution in [2.75, 3.05) is 12.4 Å². The summed E-state index contributed by atoms with van der Waals surface area (Å²) in [6.07, 6.45) is 5.35. The molecule has 3 amide bonds. The first-order chi connectivity index (χ1) is 15.2. The van der Waals surface area contributed by atoms with Crippen LogP contribution in [0.5, 0.6) is 0 Å². The molecule has 2 N–H and O–H groups in total. The first kappa shape index (κ1) is 22.0. The summed E-state index contributed by atoms with van der Waals surface area (Å²) < 4.78 is 1.49. The quantitative estimate of drug-likeness (QED) is 0.768. The average Bonchev–Trinajstić information content (AvgIpc) is 3.18. The molecule has 1 aromatic heterocycles. The number of aromatic nitrogens is 2. The van der Waals surface area contributed by atoms with Crippen LogP contribution in [0.1, 0.15) is 71.1 Å². The molecule has 1 atom stereocenters. The zero-order valence-electron chi connectivity index (χ0n) is 19.2. The van der Waals surface area contributed by atoms with Gasteiger partial charge in [-0.3, -0.25) is 19.1 Å². The van der Waals surface area contributed by atoms with Gasteiger partial charge >= 0.3 is 0 Å². The van der Waals surface area contributed by atoms with Crippen molar-refractivity contribution in [3.8, 4) is 0 Å². The maximum absolute atomic E-state index is 13.2. The van der Waals surface area contributed by atoms with E-state index in [1.165, 1.54) is 22.1 Å². The van der Waals surface area contributed by atoms with Gasteiger partial charge in [0.2, 0.25) is 5.91 Å². The number of carbonyl (C=O) groups is 3. The highest BCUT2D eigenvalue weighted by Gasteiger charge is 2.46. The lowest BCUT2D eigenvalue weighted by atomic mass is 9.92. The van der Waals surface area contributed by atoms with E-state index in [0.717, 1.165) is 36.8 Å². The molecule has 1 aromatic carbocycles. The Morgan fingerprint density at radius 1 is 1.12 bits per heavy atom. The van der Waals surface area contributed by atoms with Crippen LogP contribution in [0.25, 0.3) is 0 Å². The molecule has 0 spiro atoms. The molecule has 2 aromatic rings. The first-order valence-electron chi connectivity index (χ1n) is 11.2. The average molecular weight is 438 g/mol. The zero-order valence-corrected chi connectivity index (χ0v) is 19.2. The number of hydrogen-bond acceptors (Lipinski definition) is 4. The summed E-state index contributed by atoms with van der Waals surface area (Å²) in [6.45, 7) is 5.87. The standard InChI is InChI=1S/C24H31N5O3/c1-15-10-11-18(16(2)12-15)26-21(30)19-13-20-22(31)28(4)24(3,14-29(20)27-19)23(32)25-17-8-6-5-7-9-17/h10-13,17H,5-9,14H2,1-4H3,(H,25,32)(H,26,30). The lowest BCUT2D eigenvalue weighted by Crippen LogP contribution is -2.63. The molecule has 1 saturated carbocycles. The largest absolute Gasteiger partial charge is 0.351 e. The highest BCUT2D eigenvalue weighted by atomic mass is 16.2. The van der Waals surface area contributed by atoms with Crippen molar-refractivity contribution in [1.82, 2.24) is 20.0 Å². The second-order valence-corrected chi connectivity index (χ2v) is 9.29. The molecule has 1 fully saturated rings. The van der Waals surface area contributed by atoms with Crippen LogP contribution >= 0.6 is 0 Å². The van der Waals surface area contributed by atoms with Gasteiger partial charge in [0.25, 0.3) is 11.8 Å². The van der Waals surface area contributed by atoms with Gasteiger partial charge in [0.05, 0.1) is 6.54 Å². The Balaban J connectivity index is 1.54. The minimum absolute atomic E-state index is 0.148. The normalized spacial score (nSPS) is 21.2. The molecule has 0 radical (unpaired) electrons. The van der Waals surface area contributed by atoms with Gasteiger partial charge in [-0.1, -0.05) is 37.0 Å². The van der Waals surface area contributed by atoms with E-state index < -0.39 is 5.54 Å². The maximum atomic E-state index is 13.2. The number of likely N-dealkylation sites (N-methyl/N-ethyl adjacent to an activating group) is 1. The summed E-state index contributed by atoms with van der Waals surface area (Å²) >= 11 is 0. The number of nitrogens with zero attached hydrogens (tertiary/aromatic N) is 3. The van der Waals surface area contributed by atoms with E-state index in [1.807, 2.05) is 32.0 Å². The van der Waals surface area contributed by atoms with Gasteiger partial charge in [-0.2, -0.15) is 5.10 Å². The van der Waals surface area contributed by atoms with Crippen molar-refractivity contribution < 1.29 is 14.4 Å². The minimum atomic E-state index is -1.07. The van der Waals surface area contributed by atoms with Gasteiger partial charge in [-0.15, -0.1) is 0 Å². The Labute approximate surface area is 188 Å². The fourth-order valence-electron chi connectivity index (χ4n) is 4.57. The Hall–Kier alpha value is -3.16. The molecule has 0 bridgehead atoms. The molecule has 2 heterocycles. The summed E-state index contributed by atoms with van der Waals surface area (Å²) in [4.78, 5) is 40.5. The first-order valence-corrected chi connectivity index (χ1v) is 11.2. The maximum Gasteiger partial charge on any atom is 0.276 e. The van der Waals surface area contributed by atoms with Gasteiger partial charge in [-0.25, -0.2) is 0 Å². The van der Waals surface area contributed by atoms with Gasteiger partial charge in [0.1, 0.15) is 11.2 Å². The summed E-state index contributed by atoms with van der Waals surface area (Å²) in [7, 11) is 1.63. The van der Waals surface area contributed by atoms with Crippen LogP contribution in [0.2, 0.25) is 0 Å². The fraction of sp³-hybridized carbons (Fsp3) is 0.500. The molecule has 4 rings (SSSR count). The molecule has 8 heteroatoms. The summed E-state index contributed by atoms with van der Waals surface area (Å²) in [5, 5.41) is 10.4. The molecule has 1 aliphatic carbocycles. The third-order valence-electron chi connectivity index (χ3n) is 6.79. The van der Waals surface area contributed by atoms with E-state index in [2.05, 4.69) is 15.7 Å². The zero-order chi connectivity index (χ0) is 23.0. The van der Waals surface area contributed by atoms with Crippen molar-refractivity contribution in [3.05, 3.63) is 46.8 Å². The van der Waals surface area contributed by atoms with Crippen molar-refractivity contribution >= 4 is 23.4 Å². The summed E-state index contributed by atoms with van der Waals surface area (Å²) in [5.41, 5.74) is 2.14. The number of anilines is 1. The van der Waals surface area contributed by atoms with Crippen LogP contribution in [0.3, 0.4) is 0 Å². The highest BCUT2D eigenvalue weighted by Crippen LogP contribution is 2.27. The van der Waals surface area contributed by atoms with Crippen LogP contribution < -0.4 is 10.6 Å². The molecule has 32 heavy (non-hydrogen) atoms. The molecular formula is C24H31N5O3. The Morgan fingerprint density at radius 3 is 2.53 bits per heavy atom.